The van der Waals surface area contributed by atoms with E-state index >= 15 is 0 Å². The van der Waals surface area contributed by atoms with E-state index in [1.54, 1.807) is 18.2 Å². The molecule has 0 heterocycles. The second-order valence-corrected chi connectivity index (χ2v) is 9.55. The second kappa shape index (κ2) is 14.2. The van der Waals surface area contributed by atoms with Gasteiger partial charge in [-0.1, -0.05) is 83.1 Å². The van der Waals surface area contributed by atoms with Crippen LogP contribution in [0.1, 0.15) is 94.0 Å². The highest BCUT2D eigenvalue weighted by atomic mass is 19.3. The van der Waals surface area contributed by atoms with Crippen molar-refractivity contribution in [3.05, 3.63) is 88.3 Å². The molecule has 0 fully saturated rings. The van der Waals surface area contributed by atoms with Crippen LogP contribution in [-0.2, 0) is 12.3 Å². The first-order valence-corrected chi connectivity index (χ1v) is 12.5. The maximum Gasteiger partial charge on any atom is 0.271 e. The van der Waals surface area contributed by atoms with Crippen molar-refractivity contribution in [3.8, 4) is 0 Å². The number of hydrogen-bond donors (Lipinski definition) is 0. The maximum absolute atomic E-state index is 14.8. The number of hydrogen-bond acceptors (Lipinski definition) is 0. The van der Waals surface area contributed by atoms with E-state index in [1.807, 2.05) is 19.9 Å². The zero-order valence-corrected chi connectivity index (χ0v) is 22.0. The number of allylic oxidation sites excluding steroid dienone is 7. The molecule has 0 aliphatic carbocycles. The highest BCUT2D eigenvalue weighted by Crippen LogP contribution is 2.36. The Balaban J connectivity index is 3.40. The van der Waals surface area contributed by atoms with E-state index in [0.717, 1.165) is 67.7 Å². The van der Waals surface area contributed by atoms with Gasteiger partial charge in [0.1, 0.15) is 5.83 Å². The lowest BCUT2D eigenvalue weighted by atomic mass is 9.86. The molecule has 0 saturated heterocycles. The number of halogens is 3. The molecule has 1 unspecified atom stereocenters. The Morgan fingerprint density at radius 3 is 2.38 bits per heavy atom. The molecular weight excluding hydrogens is 429 g/mol. The minimum Gasteiger partial charge on any atom is -0.206 e. The summed E-state index contributed by atoms with van der Waals surface area (Å²) < 4.78 is 43.9. The molecule has 0 aliphatic rings. The molecule has 0 aliphatic heterocycles. The molecule has 0 spiro atoms. The van der Waals surface area contributed by atoms with Gasteiger partial charge in [0.15, 0.2) is 0 Å². The quantitative estimate of drug-likeness (QED) is 0.187. The lowest BCUT2D eigenvalue weighted by Crippen LogP contribution is -2.13. The van der Waals surface area contributed by atoms with Crippen LogP contribution in [0.2, 0.25) is 0 Å². The summed E-state index contributed by atoms with van der Waals surface area (Å²) in [7, 11) is 0. The highest BCUT2D eigenvalue weighted by Gasteiger charge is 2.29. The third-order valence-corrected chi connectivity index (χ3v) is 6.28. The molecule has 1 aromatic rings. The van der Waals surface area contributed by atoms with Gasteiger partial charge in [-0.3, -0.25) is 0 Å². The van der Waals surface area contributed by atoms with Crippen molar-refractivity contribution in [2.24, 2.45) is 5.92 Å². The van der Waals surface area contributed by atoms with Gasteiger partial charge in [0.25, 0.3) is 5.92 Å². The van der Waals surface area contributed by atoms with Crippen molar-refractivity contribution in [2.45, 2.75) is 92.4 Å². The van der Waals surface area contributed by atoms with Crippen molar-refractivity contribution in [1.29, 1.82) is 0 Å². The molecule has 188 valence electrons. The monoisotopic (exact) mass is 472 g/mol. The van der Waals surface area contributed by atoms with Gasteiger partial charge in [-0.25, -0.2) is 13.2 Å². The van der Waals surface area contributed by atoms with Gasteiger partial charge < -0.3 is 0 Å². The molecule has 0 bridgehead atoms. The summed E-state index contributed by atoms with van der Waals surface area (Å²) in [6, 6.07) is 1.57. The van der Waals surface area contributed by atoms with Gasteiger partial charge in [-0.05, 0) is 79.8 Å². The van der Waals surface area contributed by atoms with Crippen molar-refractivity contribution in [1.82, 2.24) is 0 Å². The second-order valence-electron chi connectivity index (χ2n) is 9.55. The number of aryl methyl sites for hydroxylation is 1. The molecule has 0 nitrogen and oxygen atoms in total. The van der Waals surface area contributed by atoms with Crippen LogP contribution in [0.4, 0.5) is 13.2 Å². The Morgan fingerprint density at radius 2 is 1.82 bits per heavy atom. The summed E-state index contributed by atoms with van der Waals surface area (Å²) in [4.78, 5) is 0. The Morgan fingerprint density at radius 1 is 1.15 bits per heavy atom. The normalized spacial score (nSPS) is 14.0. The summed E-state index contributed by atoms with van der Waals surface area (Å²) in [5.74, 6) is -2.94. The average molecular weight is 473 g/mol. The van der Waals surface area contributed by atoms with Gasteiger partial charge >= 0.3 is 0 Å². The van der Waals surface area contributed by atoms with Crippen LogP contribution >= 0.6 is 0 Å². The van der Waals surface area contributed by atoms with E-state index in [0.29, 0.717) is 17.9 Å². The van der Waals surface area contributed by atoms with E-state index in [-0.39, 0.29) is 11.1 Å². The summed E-state index contributed by atoms with van der Waals surface area (Å²) in [5, 5.41) is 0. The van der Waals surface area contributed by atoms with Crippen LogP contribution in [0.3, 0.4) is 0 Å². The fourth-order valence-corrected chi connectivity index (χ4v) is 4.19. The predicted molar refractivity (Wildman–Crippen MR) is 143 cm³/mol. The molecule has 0 aromatic heterocycles. The van der Waals surface area contributed by atoms with Gasteiger partial charge in [-0.2, -0.15) is 0 Å². The van der Waals surface area contributed by atoms with Crippen LogP contribution in [0.15, 0.2) is 60.5 Å². The van der Waals surface area contributed by atoms with Crippen LogP contribution in [0, 0.1) is 19.8 Å². The largest absolute Gasteiger partial charge is 0.271 e. The van der Waals surface area contributed by atoms with Crippen molar-refractivity contribution in [3.63, 3.8) is 0 Å². The maximum atomic E-state index is 14.8. The molecule has 1 atom stereocenters. The topological polar surface area (TPSA) is 0 Å². The minimum absolute atomic E-state index is 0.0468. The fourth-order valence-electron chi connectivity index (χ4n) is 4.19. The Kier molecular flexibility index (Phi) is 12.4. The Bertz CT molecular complexity index is 923. The lowest BCUT2D eigenvalue weighted by molar-refractivity contribution is 0.0171. The van der Waals surface area contributed by atoms with Crippen molar-refractivity contribution in [2.75, 3.05) is 0 Å². The molecular formula is C31H43F3. The average Bonchev–Trinajstić information content (AvgIpc) is 2.76. The van der Waals surface area contributed by atoms with Gasteiger partial charge in [0.2, 0.25) is 0 Å². The van der Waals surface area contributed by atoms with Crippen LogP contribution in [0.25, 0.3) is 6.08 Å². The van der Waals surface area contributed by atoms with E-state index in [9.17, 15) is 13.2 Å². The summed E-state index contributed by atoms with van der Waals surface area (Å²) in [5.41, 5.74) is 4.40. The Labute approximate surface area is 206 Å². The SMILES string of the molecule is C=CC(/C=C/c1c(C(C)(F)F)cc(C)c(CC(=C)CCCC)c1C)=C(F)/C=C/CC(C)CCC. The standard InChI is InChI=1S/C31H43F3/c1-9-12-15-23(5)20-28-24(6)21-29(31(8,33)34)27(25(28)7)19-18-26(11-3)30(32)17-13-16-22(4)14-10-2/h11,13,17-19,21-22H,3,5,9-10,12,14-16,20H2,1-2,4,6-8H3/b17-13+,19-18+,30-26+. The minimum atomic E-state index is -3.02. The number of alkyl halides is 2. The number of unbranched alkanes of at least 4 members (excludes halogenated alkanes) is 1. The lowest BCUT2D eigenvalue weighted by Gasteiger charge is -2.21. The van der Waals surface area contributed by atoms with Crippen molar-refractivity contribution < 1.29 is 13.2 Å². The van der Waals surface area contributed by atoms with Crippen LogP contribution in [-0.4, -0.2) is 0 Å². The summed E-state index contributed by atoms with van der Waals surface area (Å²) in [6.07, 6.45) is 14.6. The zero-order valence-electron chi connectivity index (χ0n) is 22.0. The van der Waals surface area contributed by atoms with Crippen LogP contribution < -0.4 is 0 Å². The molecule has 3 heteroatoms. The molecule has 1 aromatic carbocycles. The predicted octanol–water partition coefficient (Wildman–Crippen LogP) is 10.5. The molecule has 0 radical (unpaired) electrons. The summed E-state index contributed by atoms with van der Waals surface area (Å²) >= 11 is 0. The number of benzene rings is 1. The Hall–Kier alpha value is -2.29. The van der Waals surface area contributed by atoms with Crippen LogP contribution in [0.5, 0.6) is 0 Å². The molecule has 0 amide bonds. The van der Waals surface area contributed by atoms with Gasteiger partial charge in [0.05, 0.1) is 0 Å². The summed E-state index contributed by atoms with van der Waals surface area (Å²) in [6.45, 7) is 19.0. The fraction of sp³-hybridized carbons (Fsp3) is 0.484. The molecule has 0 saturated carbocycles. The van der Waals surface area contributed by atoms with E-state index in [4.69, 9.17) is 0 Å². The van der Waals surface area contributed by atoms with Crippen molar-refractivity contribution >= 4 is 6.08 Å². The smallest absolute Gasteiger partial charge is 0.206 e. The first kappa shape index (κ1) is 29.7. The first-order valence-electron chi connectivity index (χ1n) is 12.5. The van der Waals surface area contributed by atoms with E-state index in [1.165, 1.54) is 12.2 Å². The third kappa shape index (κ3) is 9.16. The molecule has 34 heavy (non-hydrogen) atoms. The molecule has 1 rings (SSSR count). The number of rotatable bonds is 14. The first-order chi connectivity index (χ1) is 16.0. The van der Waals surface area contributed by atoms with E-state index < -0.39 is 11.7 Å². The van der Waals surface area contributed by atoms with Gasteiger partial charge in [0, 0.05) is 18.1 Å². The highest BCUT2D eigenvalue weighted by molar-refractivity contribution is 5.65. The third-order valence-electron chi connectivity index (χ3n) is 6.28. The molecule has 0 N–H and O–H groups in total. The zero-order chi connectivity index (χ0) is 25.9. The van der Waals surface area contributed by atoms with Gasteiger partial charge in [-0.15, -0.1) is 0 Å². The van der Waals surface area contributed by atoms with E-state index in [2.05, 4.69) is 33.9 Å².